The molecule has 0 bridgehead atoms. The van der Waals surface area contributed by atoms with Crippen LogP contribution in [-0.2, 0) is 0 Å². The van der Waals surface area contributed by atoms with Gasteiger partial charge in [-0.25, -0.2) is 5.43 Å². The van der Waals surface area contributed by atoms with Gasteiger partial charge in [0.2, 0.25) is 0 Å². The first-order valence-corrected chi connectivity index (χ1v) is 6.49. The van der Waals surface area contributed by atoms with Gasteiger partial charge in [-0.15, -0.1) is 0 Å². The van der Waals surface area contributed by atoms with E-state index in [4.69, 9.17) is 9.47 Å². The molecule has 0 radical (unpaired) electrons. The van der Waals surface area contributed by atoms with Crippen LogP contribution >= 0.6 is 0 Å². The van der Waals surface area contributed by atoms with Crippen molar-refractivity contribution in [3.63, 3.8) is 0 Å². The maximum Gasteiger partial charge on any atom is 0.271 e. The number of aromatic hydroxyl groups is 1. The molecule has 0 spiro atoms. The van der Waals surface area contributed by atoms with Crippen LogP contribution in [0.15, 0.2) is 47.6 Å². The first-order valence-electron chi connectivity index (χ1n) is 6.49. The van der Waals surface area contributed by atoms with E-state index in [1.165, 1.54) is 26.5 Å². The lowest BCUT2D eigenvalue weighted by atomic mass is 10.2. The number of hydrogen-bond donors (Lipinski definition) is 2. The summed E-state index contributed by atoms with van der Waals surface area (Å²) >= 11 is 0. The van der Waals surface area contributed by atoms with Crippen molar-refractivity contribution in [1.82, 2.24) is 5.43 Å². The molecule has 0 aliphatic carbocycles. The number of ether oxygens (including phenoxy) is 2. The Labute approximate surface area is 128 Å². The number of nitrogens with one attached hydrogen (secondary N) is 1. The number of nitrogens with zero attached hydrogens (tertiary/aromatic N) is 1. The van der Waals surface area contributed by atoms with Crippen LogP contribution in [0.4, 0.5) is 0 Å². The molecule has 0 atom stereocenters. The highest BCUT2D eigenvalue weighted by Gasteiger charge is 2.09. The van der Waals surface area contributed by atoms with Gasteiger partial charge < -0.3 is 14.6 Å². The normalized spacial score (nSPS) is 10.5. The number of benzene rings is 2. The maximum atomic E-state index is 12.0. The SMILES string of the molecule is COc1ccc(C(=O)NN=Cc2ccccc2O)cc1OC. The Morgan fingerprint density at radius 2 is 1.86 bits per heavy atom. The molecule has 114 valence electrons. The molecule has 2 aromatic rings. The van der Waals surface area contributed by atoms with Gasteiger partial charge in [-0.3, -0.25) is 4.79 Å². The fraction of sp³-hybridized carbons (Fsp3) is 0.125. The van der Waals surface area contributed by atoms with Crippen molar-refractivity contribution in [1.29, 1.82) is 0 Å². The van der Waals surface area contributed by atoms with E-state index in [-0.39, 0.29) is 5.75 Å². The van der Waals surface area contributed by atoms with Gasteiger partial charge >= 0.3 is 0 Å². The number of phenolic OH excluding ortho intramolecular Hbond substituents is 1. The third-order valence-corrected chi connectivity index (χ3v) is 2.95. The van der Waals surface area contributed by atoms with Crippen LogP contribution in [0, 0.1) is 0 Å². The Bertz CT molecular complexity index is 698. The zero-order valence-electron chi connectivity index (χ0n) is 12.2. The average molecular weight is 300 g/mol. The highest BCUT2D eigenvalue weighted by Crippen LogP contribution is 2.27. The summed E-state index contributed by atoms with van der Waals surface area (Å²) in [5, 5.41) is 13.4. The van der Waals surface area contributed by atoms with E-state index in [1.807, 2.05) is 0 Å². The zero-order valence-corrected chi connectivity index (χ0v) is 12.2. The lowest BCUT2D eigenvalue weighted by molar-refractivity contribution is 0.0954. The van der Waals surface area contributed by atoms with Crippen molar-refractivity contribution in [3.05, 3.63) is 53.6 Å². The fourth-order valence-electron chi connectivity index (χ4n) is 1.80. The highest BCUT2D eigenvalue weighted by molar-refractivity contribution is 5.95. The number of hydrogen-bond acceptors (Lipinski definition) is 5. The van der Waals surface area contributed by atoms with Gasteiger partial charge in [0, 0.05) is 11.1 Å². The van der Waals surface area contributed by atoms with Crippen LogP contribution in [0.1, 0.15) is 15.9 Å². The topological polar surface area (TPSA) is 80.2 Å². The quantitative estimate of drug-likeness (QED) is 0.655. The Kier molecular flexibility index (Phi) is 4.98. The zero-order chi connectivity index (χ0) is 15.9. The summed E-state index contributed by atoms with van der Waals surface area (Å²) in [7, 11) is 3.02. The van der Waals surface area contributed by atoms with Crippen LogP contribution in [0.3, 0.4) is 0 Å². The molecule has 22 heavy (non-hydrogen) atoms. The van der Waals surface area contributed by atoms with E-state index in [0.717, 1.165) is 0 Å². The summed E-state index contributed by atoms with van der Waals surface area (Å²) in [4.78, 5) is 12.0. The number of hydrazone groups is 1. The van der Waals surface area contributed by atoms with Crippen molar-refractivity contribution in [2.75, 3.05) is 14.2 Å². The van der Waals surface area contributed by atoms with Gasteiger partial charge in [-0.2, -0.15) is 5.10 Å². The van der Waals surface area contributed by atoms with E-state index in [0.29, 0.717) is 22.6 Å². The predicted octanol–water partition coefficient (Wildman–Crippen LogP) is 2.17. The van der Waals surface area contributed by atoms with Crippen LogP contribution in [0.2, 0.25) is 0 Å². The molecule has 0 aliphatic rings. The molecule has 6 heteroatoms. The molecule has 0 saturated carbocycles. The summed E-state index contributed by atoms with van der Waals surface area (Å²) in [6.07, 6.45) is 1.37. The minimum absolute atomic E-state index is 0.0895. The van der Waals surface area contributed by atoms with Gasteiger partial charge in [-0.05, 0) is 30.3 Å². The molecular weight excluding hydrogens is 284 g/mol. The minimum atomic E-state index is -0.396. The average Bonchev–Trinajstić information content (AvgIpc) is 2.55. The highest BCUT2D eigenvalue weighted by atomic mass is 16.5. The molecule has 2 rings (SSSR count). The van der Waals surface area contributed by atoms with E-state index in [9.17, 15) is 9.90 Å². The van der Waals surface area contributed by atoms with Crippen LogP contribution in [0.5, 0.6) is 17.2 Å². The van der Waals surface area contributed by atoms with E-state index in [2.05, 4.69) is 10.5 Å². The number of carbonyl (C=O) groups is 1. The second-order valence-electron chi connectivity index (χ2n) is 4.33. The number of para-hydroxylation sites is 1. The number of rotatable bonds is 5. The molecule has 0 aromatic heterocycles. The fourth-order valence-corrected chi connectivity index (χ4v) is 1.80. The van der Waals surface area contributed by atoms with Crippen molar-refractivity contribution in [2.24, 2.45) is 5.10 Å². The number of carbonyl (C=O) groups excluding carboxylic acids is 1. The predicted molar refractivity (Wildman–Crippen MR) is 82.7 cm³/mol. The third-order valence-electron chi connectivity index (χ3n) is 2.95. The first-order chi connectivity index (χ1) is 10.7. The van der Waals surface area contributed by atoms with Crippen molar-refractivity contribution < 1.29 is 19.4 Å². The monoisotopic (exact) mass is 300 g/mol. The number of methoxy groups -OCH3 is 2. The Hall–Kier alpha value is -3.02. The Morgan fingerprint density at radius 3 is 2.55 bits per heavy atom. The minimum Gasteiger partial charge on any atom is -0.507 e. The molecule has 0 unspecified atom stereocenters. The molecule has 0 heterocycles. The molecule has 2 aromatic carbocycles. The summed E-state index contributed by atoms with van der Waals surface area (Å²) in [5.41, 5.74) is 3.28. The molecule has 6 nitrogen and oxygen atoms in total. The Morgan fingerprint density at radius 1 is 1.14 bits per heavy atom. The van der Waals surface area contributed by atoms with Gasteiger partial charge in [0.15, 0.2) is 11.5 Å². The van der Waals surface area contributed by atoms with Crippen LogP contribution < -0.4 is 14.9 Å². The third kappa shape index (κ3) is 3.54. The molecule has 1 amide bonds. The van der Waals surface area contributed by atoms with Gasteiger partial charge in [0.25, 0.3) is 5.91 Å². The molecule has 2 N–H and O–H groups in total. The molecular formula is C16H16N2O4. The summed E-state index contributed by atoms with van der Waals surface area (Å²) in [6, 6.07) is 11.5. The van der Waals surface area contributed by atoms with E-state index >= 15 is 0 Å². The van der Waals surface area contributed by atoms with Crippen LogP contribution in [0.25, 0.3) is 0 Å². The lowest BCUT2D eigenvalue weighted by Gasteiger charge is -2.08. The molecule has 0 saturated heterocycles. The first kappa shape index (κ1) is 15.4. The number of amides is 1. The largest absolute Gasteiger partial charge is 0.507 e. The van der Waals surface area contributed by atoms with E-state index in [1.54, 1.807) is 36.4 Å². The van der Waals surface area contributed by atoms with Crippen molar-refractivity contribution >= 4 is 12.1 Å². The molecule has 0 fully saturated rings. The standard InChI is InChI=1S/C16H16N2O4/c1-21-14-8-7-11(9-15(14)22-2)16(20)18-17-10-12-5-3-4-6-13(12)19/h3-10,19H,1-2H3,(H,18,20). The van der Waals surface area contributed by atoms with E-state index < -0.39 is 5.91 Å². The van der Waals surface area contributed by atoms with Crippen LogP contribution in [-0.4, -0.2) is 31.4 Å². The maximum absolute atomic E-state index is 12.0. The Balaban J connectivity index is 2.08. The summed E-state index contributed by atoms with van der Waals surface area (Å²) in [6.45, 7) is 0. The second-order valence-corrected chi connectivity index (χ2v) is 4.33. The molecule has 0 aliphatic heterocycles. The van der Waals surface area contributed by atoms with Gasteiger partial charge in [-0.1, -0.05) is 12.1 Å². The lowest BCUT2D eigenvalue weighted by Crippen LogP contribution is -2.17. The smallest absolute Gasteiger partial charge is 0.271 e. The summed E-state index contributed by atoms with van der Waals surface area (Å²) in [5.74, 6) is 0.691. The number of phenols is 1. The van der Waals surface area contributed by atoms with Gasteiger partial charge in [0.1, 0.15) is 5.75 Å². The second kappa shape index (κ2) is 7.12. The van der Waals surface area contributed by atoms with Gasteiger partial charge in [0.05, 0.1) is 20.4 Å². The van der Waals surface area contributed by atoms with Crippen molar-refractivity contribution in [2.45, 2.75) is 0 Å². The summed E-state index contributed by atoms with van der Waals surface area (Å²) < 4.78 is 10.2. The van der Waals surface area contributed by atoms with Crippen molar-refractivity contribution in [3.8, 4) is 17.2 Å².